The topological polar surface area (TPSA) is 87.1 Å². The Hall–Kier alpha value is -3.17. The standard InChI is InChI=1S/C20H22F3NO.C4H4O4/c21-20(22,23)18-10-8-17(9-11-18)19(16-6-2-1-3-7-16)25-15-14-24-12-4-5-13-24;5-3(6)1-2-4(7)8/h1-3,6-11,19H,4-5,12-15H2;1-2H,(H,5,6)(H,7,8)/b;2-1+. The average molecular weight is 465 g/mol. The number of aliphatic carboxylic acids is 2. The van der Waals surface area contributed by atoms with E-state index in [0.29, 0.717) is 18.8 Å². The number of hydrogen-bond acceptors (Lipinski definition) is 4. The molecule has 3 rings (SSSR count). The molecule has 0 spiro atoms. The second kappa shape index (κ2) is 12.8. The number of carboxylic acids is 2. The Morgan fingerprint density at radius 3 is 1.91 bits per heavy atom. The van der Waals surface area contributed by atoms with Gasteiger partial charge in [0.1, 0.15) is 6.10 Å². The molecule has 0 aliphatic carbocycles. The normalized spacial score (nSPS) is 15.1. The van der Waals surface area contributed by atoms with E-state index in [1.807, 2.05) is 30.3 Å². The lowest BCUT2D eigenvalue weighted by molar-refractivity contribution is -0.137. The third-order valence-corrected chi connectivity index (χ3v) is 4.90. The number of alkyl halides is 3. The van der Waals surface area contributed by atoms with Crippen molar-refractivity contribution in [3.8, 4) is 0 Å². The van der Waals surface area contributed by atoms with Crippen LogP contribution in [0.5, 0.6) is 0 Å². The molecule has 1 heterocycles. The van der Waals surface area contributed by atoms with E-state index >= 15 is 0 Å². The quantitative estimate of drug-likeness (QED) is 0.554. The Morgan fingerprint density at radius 2 is 1.42 bits per heavy atom. The van der Waals surface area contributed by atoms with Crippen molar-refractivity contribution in [3.63, 3.8) is 0 Å². The number of ether oxygens (including phenoxy) is 1. The van der Waals surface area contributed by atoms with E-state index < -0.39 is 23.7 Å². The van der Waals surface area contributed by atoms with Crippen molar-refractivity contribution in [1.29, 1.82) is 0 Å². The second-order valence-electron chi connectivity index (χ2n) is 7.34. The molecule has 6 nitrogen and oxygen atoms in total. The SMILES string of the molecule is FC(F)(F)c1ccc(C(OCCN2CCCC2)c2ccccc2)cc1.O=C(O)/C=C/C(=O)O. The van der Waals surface area contributed by atoms with Gasteiger partial charge in [-0.3, -0.25) is 0 Å². The summed E-state index contributed by atoms with van der Waals surface area (Å²) in [5.74, 6) is -2.51. The van der Waals surface area contributed by atoms with Gasteiger partial charge in [-0.1, -0.05) is 42.5 Å². The minimum Gasteiger partial charge on any atom is -0.478 e. The molecule has 1 fully saturated rings. The summed E-state index contributed by atoms with van der Waals surface area (Å²) in [4.78, 5) is 21.5. The van der Waals surface area contributed by atoms with Crippen LogP contribution < -0.4 is 0 Å². The summed E-state index contributed by atoms with van der Waals surface area (Å²) >= 11 is 0. The molecule has 2 aromatic rings. The second-order valence-corrected chi connectivity index (χ2v) is 7.34. The first kappa shape index (κ1) is 26.1. The molecule has 0 saturated carbocycles. The van der Waals surface area contributed by atoms with Crippen LogP contribution in [0.3, 0.4) is 0 Å². The molecule has 1 saturated heterocycles. The molecule has 0 radical (unpaired) electrons. The van der Waals surface area contributed by atoms with Crippen LogP contribution in [0.1, 0.15) is 35.6 Å². The lowest BCUT2D eigenvalue weighted by Crippen LogP contribution is -2.25. The Morgan fingerprint density at radius 1 is 0.909 bits per heavy atom. The number of hydrogen-bond donors (Lipinski definition) is 2. The van der Waals surface area contributed by atoms with Crippen molar-refractivity contribution in [3.05, 3.63) is 83.4 Å². The van der Waals surface area contributed by atoms with E-state index in [0.717, 1.165) is 42.9 Å². The molecule has 1 unspecified atom stereocenters. The maximum Gasteiger partial charge on any atom is 0.416 e. The van der Waals surface area contributed by atoms with Crippen molar-refractivity contribution < 1.29 is 37.7 Å². The van der Waals surface area contributed by atoms with Crippen molar-refractivity contribution in [2.75, 3.05) is 26.2 Å². The highest BCUT2D eigenvalue weighted by Crippen LogP contribution is 2.32. The molecular weight excluding hydrogens is 439 g/mol. The fourth-order valence-electron chi connectivity index (χ4n) is 3.31. The van der Waals surface area contributed by atoms with Crippen LogP contribution in [0.4, 0.5) is 13.2 Å². The van der Waals surface area contributed by atoms with Gasteiger partial charge in [0, 0.05) is 18.7 Å². The van der Waals surface area contributed by atoms with Crippen LogP contribution in [0.15, 0.2) is 66.7 Å². The number of nitrogens with zero attached hydrogens (tertiary/aromatic N) is 1. The van der Waals surface area contributed by atoms with E-state index in [1.54, 1.807) is 0 Å². The monoisotopic (exact) mass is 465 g/mol. The van der Waals surface area contributed by atoms with Crippen molar-refractivity contribution in [1.82, 2.24) is 4.90 Å². The van der Waals surface area contributed by atoms with E-state index in [1.165, 1.54) is 25.0 Å². The lowest BCUT2D eigenvalue weighted by atomic mass is 10.00. The molecule has 9 heteroatoms. The largest absolute Gasteiger partial charge is 0.478 e. The molecule has 1 aliphatic rings. The van der Waals surface area contributed by atoms with E-state index in [-0.39, 0.29) is 6.10 Å². The Labute approximate surface area is 189 Å². The third-order valence-electron chi connectivity index (χ3n) is 4.90. The number of benzene rings is 2. The van der Waals surface area contributed by atoms with Crippen LogP contribution in [-0.4, -0.2) is 53.3 Å². The predicted octanol–water partition coefficient (Wildman–Crippen LogP) is 4.62. The van der Waals surface area contributed by atoms with Gasteiger partial charge in [-0.2, -0.15) is 13.2 Å². The molecule has 0 bridgehead atoms. The van der Waals surface area contributed by atoms with E-state index in [2.05, 4.69) is 4.90 Å². The van der Waals surface area contributed by atoms with Crippen molar-refractivity contribution in [2.24, 2.45) is 0 Å². The Bertz CT molecular complexity index is 892. The number of carboxylic acid groups (broad SMARTS) is 2. The van der Waals surface area contributed by atoms with Crippen LogP contribution in [-0.2, 0) is 20.5 Å². The van der Waals surface area contributed by atoms with Gasteiger partial charge in [-0.25, -0.2) is 9.59 Å². The third kappa shape index (κ3) is 9.46. The smallest absolute Gasteiger partial charge is 0.416 e. The summed E-state index contributed by atoms with van der Waals surface area (Å²) < 4.78 is 44.4. The van der Waals surface area contributed by atoms with Crippen LogP contribution in [0.2, 0.25) is 0 Å². The minimum atomic E-state index is -4.32. The lowest BCUT2D eigenvalue weighted by Gasteiger charge is -2.22. The van der Waals surface area contributed by atoms with Crippen molar-refractivity contribution >= 4 is 11.9 Å². The van der Waals surface area contributed by atoms with E-state index in [9.17, 15) is 22.8 Å². The first-order chi connectivity index (χ1) is 15.7. The van der Waals surface area contributed by atoms with Gasteiger partial charge in [0.05, 0.1) is 12.2 Å². The van der Waals surface area contributed by atoms with Gasteiger partial charge in [-0.05, 0) is 49.2 Å². The molecule has 1 atom stereocenters. The molecule has 0 aromatic heterocycles. The highest BCUT2D eigenvalue weighted by molar-refractivity contribution is 5.89. The average Bonchev–Trinajstić information content (AvgIpc) is 3.29. The summed E-state index contributed by atoms with van der Waals surface area (Å²) in [5, 5.41) is 15.6. The zero-order chi connectivity index (χ0) is 24.3. The van der Waals surface area contributed by atoms with Crippen LogP contribution in [0.25, 0.3) is 0 Å². The van der Waals surface area contributed by atoms with Gasteiger partial charge in [0.25, 0.3) is 0 Å². The zero-order valence-corrected chi connectivity index (χ0v) is 17.9. The van der Waals surface area contributed by atoms with E-state index in [4.69, 9.17) is 14.9 Å². The van der Waals surface area contributed by atoms with Crippen LogP contribution >= 0.6 is 0 Å². The number of carbonyl (C=O) groups is 2. The number of halogens is 3. The molecule has 178 valence electrons. The fraction of sp³-hybridized carbons (Fsp3) is 0.333. The summed E-state index contributed by atoms with van der Waals surface area (Å²) in [5.41, 5.74) is 1.05. The van der Waals surface area contributed by atoms with Crippen LogP contribution in [0, 0.1) is 0 Å². The summed E-state index contributed by atoms with van der Waals surface area (Å²) in [6.07, 6.45) is -1.12. The van der Waals surface area contributed by atoms with Crippen molar-refractivity contribution in [2.45, 2.75) is 25.1 Å². The molecule has 33 heavy (non-hydrogen) atoms. The first-order valence-electron chi connectivity index (χ1n) is 10.4. The first-order valence-corrected chi connectivity index (χ1v) is 10.4. The summed E-state index contributed by atoms with van der Waals surface area (Å²) in [6, 6.07) is 14.9. The highest BCUT2D eigenvalue weighted by Gasteiger charge is 2.30. The molecule has 0 amide bonds. The number of rotatable bonds is 8. The maximum absolute atomic E-state index is 12.8. The Balaban J connectivity index is 0.000000414. The van der Waals surface area contributed by atoms with Gasteiger partial charge in [0.15, 0.2) is 0 Å². The Kier molecular flexibility index (Phi) is 10.1. The van der Waals surface area contributed by atoms with Gasteiger partial charge in [-0.15, -0.1) is 0 Å². The molecule has 2 N–H and O–H groups in total. The zero-order valence-electron chi connectivity index (χ0n) is 17.9. The number of likely N-dealkylation sites (tertiary alicyclic amines) is 1. The van der Waals surface area contributed by atoms with Gasteiger partial charge in [0.2, 0.25) is 0 Å². The molecule has 1 aliphatic heterocycles. The maximum atomic E-state index is 12.8. The molecule has 2 aromatic carbocycles. The predicted molar refractivity (Wildman–Crippen MR) is 116 cm³/mol. The minimum absolute atomic E-state index is 0.355. The molecular formula is C24H26F3NO5. The fourth-order valence-corrected chi connectivity index (χ4v) is 3.31. The summed E-state index contributed by atoms with van der Waals surface area (Å²) in [6.45, 7) is 3.60. The highest BCUT2D eigenvalue weighted by atomic mass is 19.4. The van der Waals surface area contributed by atoms with Gasteiger partial charge >= 0.3 is 18.1 Å². The van der Waals surface area contributed by atoms with Gasteiger partial charge < -0.3 is 19.8 Å². The summed E-state index contributed by atoms with van der Waals surface area (Å²) in [7, 11) is 0.